The van der Waals surface area contributed by atoms with Gasteiger partial charge in [-0.25, -0.2) is 14.1 Å². The lowest BCUT2D eigenvalue weighted by molar-refractivity contribution is 0.352. The number of nitrogens with two attached hydrogens (primary N) is 1. The molecule has 0 radical (unpaired) electrons. The van der Waals surface area contributed by atoms with Crippen LogP contribution < -0.4 is 15.8 Å². The number of hydrogen-bond acceptors (Lipinski definition) is 7. The minimum Gasteiger partial charge on any atom is -0.497 e. The number of nitrogen functional groups attached to an aromatic ring is 1. The zero-order chi connectivity index (χ0) is 23.5. The molecule has 1 aliphatic heterocycles. The van der Waals surface area contributed by atoms with Crippen LogP contribution in [0.2, 0.25) is 0 Å². The Morgan fingerprint density at radius 2 is 1.88 bits per heavy atom. The molecule has 176 valence electrons. The van der Waals surface area contributed by atoms with Gasteiger partial charge in [-0.2, -0.15) is 4.98 Å². The Hall–Kier alpha value is -3.72. The summed E-state index contributed by atoms with van der Waals surface area (Å²) in [7, 11) is 1.51. The van der Waals surface area contributed by atoms with Crippen molar-refractivity contribution in [1.82, 2.24) is 24.6 Å². The van der Waals surface area contributed by atoms with Gasteiger partial charge in [0.25, 0.3) is 0 Å². The van der Waals surface area contributed by atoms with Gasteiger partial charge < -0.3 is 20.7 Å². The number of ether oxygens (including phenoxy) is 1. The lowest BCUT2D eigenvalue weighted by Crippen LogP contribution is -2.26. The summed E-state index contributed by atoms with van der Waals surface area (Å²) in [5.41, 5.74) is 8.72. The molecule has 3 N–H and O–H groups in total. The summed E-state index contributed by atoms with van der Waals surface area (Å²) in [5, 5.41) is 8.47. The maximum Gasteiger partial charge on any atom is 0.225 e. The van der Waals surface area contributed by atoms with Crippen LogP contribution in [-0.4, -0.2) is 57.9 Å². The largest absolute Gasteiger partial charge is 0.497 e. The first-order chi connectivity index (χ1) is 16.6. The number of methoxy groups -OCH3 is 1. The summed E-state index contributed by atoms with van der Waals surface area (Å²) in [6, 6.07) is 14.6. The molecule has 0 saturated carbocycles. The Morgan fingerprint density at radius 1 is 1.09 bits per heavy atom. The van der Waals surface area contributed by atoms with Crippen LogP contribution >= 0.6 is 0 Å². The highest BCUT2D eigenvalue weighted by atomic mass is 19.1. The highest BCUT2D eigenvalue weighted by Crippen LogP contribution is 2.34. The monoisotopic (exact) mass is 461 g/mol. The fraction of sp³-hybridized carbons (Fsp3) is 0.320. The van der Waals surface area contributed by atoms with Gasteiger partial charge in [0, 0.05) is 24.7 Å². The molecular formula is C25H28FN7O. The number of anilines is 2. The predicted molar refractivity (Wildman–Crippen MR) is 131 cm³/mol. The molecule has 1 fully saturated rings. The van der Waals surface area contributed by atoms with Crippen molar-refractivity contribution >= 4 is 22.8 Å². The molecule has 1 saturated heterocycles. The minimum atomic E-state index is -0.447. The molecule has 4 aromatic rings. The van der Waals surface area contributed by atoms with Crippen LogP contribution in [0.25, 0.3) is 22.3 Å². The van der Waals surface area contributed by atoms with Gasteiger partial charge in [-0.3, -0.25) is 0 Å². The summed E-state index contributed by atoms with van der Waals surface area (Å²) in [6.07, 6.45) is 2.48. The average Bonchev–Trinajstić information content (AvgIpc) is 3.47. The summed E-state index contributed by atoms with van der Waals surface area (Å²) >= 11 is 0. The summed E-state index contributed by atoms with van der Waals surface area (Å²) in [4.78, 5) is 11.7. The molecule has 8 nitrogen and oxygen atoms in total. The molecule has 5 rings (SSSR count). The van der Waals surface area contributed by atoms with Gasteiger partial charge in [-0.1, -0.05) is 30.3 Å². The zero-order valence-corrected chi connectivity index (χ0v) is 19.2. The van der Waals surface area contributed by atoms with Crippen LogP contribution in [0.4, 0.5) is 16.2 Å². The molecule has 0 atom stereocenters. The molecule has 0 spiro atoms. The van der Waals surface area contributed by atoms with Gasteiger partial charge in [0.2, 0.25) is 5.95 Å². The molecule has 34 heavy (non-hydrogen) atoms. The highest BCUT2D eigenvalue weighted by Gasteiger charge is 2.21. The fourth-order valence-corrected chi connectivity index (χ4v) is 4.35. The van der Waals surface area contributed by atoms with Crippen molar-refractivity contribution in [2.75, 3.05) is 44.3 Å². The second kappa shape index (κ2) is 9.64. The first-order valence-electron chi connectivity index (χ1n) is 11.5. The van der Waals surface area contributed by atoms with E-state index in [0.29, 0.717) is 52.9 Å². The van der Waals surface area contributed by atoms with Crippen molar-refractivity contribution in [3.8, 4) is 17.0 Å². The molecule has 9 heteroatoms. The number of halogens is 1. The van der Waals surface area contributed by atoms with Crippen LogP contribution in [0.15, 0.2) is 48.5 Å². The van der Waals surface area contributed by atoms with Crippen molar-refractivity contribution in [2.24, 2.45) is 0 Å². The van der Waals surface area contributed by atoms with E-state index in [1.807, 2.05) is 30.3 Å². The number of nitrogens with zero attached hydrogens (tertiary/aromatic N) is 5. The lowest BCUT2D eigenvalue weighted by Gasteiger charge is -2.15. The molecule has 0 amide bonds. The van der Waals surface area contributed by atoms with Crippen molar-refractivity contribution in [1.29, 1.82) is 0 Å². The van der Waals surface area contributed by atoms with E-state index >= 15 is 4.39 Å². The van der Waals surface area contributed by atoms with E-state index < -0.39 is 5.82 Å². The molecule has 2 aromatic carbocycles. The summed E-state index contributed by atoms with van der Waals surface area (Å²) in [6.45, 7) is 4.30. The van der Waals surface area contributed by atoms with Gasteiger partial charge in [0.15, 0.2) is 5.65 Å². The van der Waals surface area contributed by atoms with E-state index in [1.165, 1.54) is 26.0 Å². The topological polar surface area (TPSA) is 94.1 Å². The number of hydrogen-bond donors (Lipinski definition) is 2. The quantitative estimate of drug-likeness (QED) is 0.412. The van der Waals surface area contributed by atoms with E-state index in [9.17, 15) is 0 Å². The Labute approximate surface area is 197 Å². The average molecular weight is 462 g/mol. The second-order valence-electron chi connectivity index (χ2n) is 8.44. The third-order valence-electron chi connectivity index (χ3n) is 6.16. The van der Waals surface area contributed by atoms with Crippen LogP contribution in [0.5, 0.6) is 5.75 Å². The Kier molecular flexibility index (Phi) is 6.27. The predicted octanol–water partition coefficient (Wildman–Crippen LogP) is 3.78. The van der Waals surface area contributed by atoms with Gasteiger partial charge in [0.1, 0.15) is 17.4 Å². The standard InChI is InChI=1S/C25H28FN7O/c1-34-18-9-10-19(20(26)15-18)22-21-23(27)33(16-17-7-3-2-4-8-17)31-24(21)30-25(29-22)28-11-14-32-12-5-6-13-32/h2-4,7-10,15H,5-6,11-14,16,27H2,1H3,(H,28,30,31). The SMILES string of the molecule is COc1ccc(-c2nc(NCCN3CCCC3)nc3nn(Cc4ccccc4)c(N)c23)c(F)c1. The highest BCUT2D eigenvalue weighted by molar-refractivity contribution is 5.99. The number of nitrogens with one attached hydrogen (secondary N) is 1. The molecule has 0 aliphatic carbocycles. The molecule has 2 aromatic heterocycles. The molecule has 0 bridgehead atoms. The smallest absolute Gasteiger partial charge is 0.225 e. The molecule has 1 aliphatic rings. The Morgan fingerprint density at radius 3 is 2.62 bits per heavy atom. The van der Waals surface area contributed by atoms with Gasteiger partial charge in [-0.15, -0.1) is 5.10 Å². The number of benzene rings is 2. The second-order valence-corrected chi connectivity index (χ2v) is 8.44. The van der Waals surface area contributed by atoms with E-state index in [2.05, 4.69) is 25.3 Å². The zero-order valence-electron chi connectivity index (χ0n) is 19.2. The van der Waals surface area contributed by atoms with E-state index in [0.717, 1.165) is 25.2 Å². The van der Waals surface area contributed by atoms with E-state index in [1.54, 1.807) is 16.8 Å². The number of likely N-dealkylation sites (tertiary alicyclic amines) is 1. The maximum absolute atomic E-state index is 15.1. The summed E-state index contributed by atoms with van der Waals surface area (Å²) in [5.74, 6) is 0.787. The third kappa shape index (κ3) is 4.51. The lowest BCUT2D eigenvalue weighted by atomic mass is 10.1. The van der Waals surface area contributed by atoms with Gasteiger partial charge in [0.05, 0.1) is 24.7 Å². The molecular weight excluding hydrogens is 433 g/mol. The van der Waals surface area contributed by atoms with Crippen molar-refractivity contribution < 1.29 is 9.13 Å². The first-order valence-corrected chi connectivity index (χ1v) is 11.5. The van der Waals surface area contributed by atoms with E-state index in [-0.39, 0.29) is 0 Å². The fourth-order valence-electron chi connectivity index (χ4n) is 4.35. The Balaban J connectivity index is 1.54. The minimum absolute atomic E-state index is 0.321. The van der Waals surface area contributed by atoms with Crippen molar-refractivity contribution in [2.45, 2.75) is 19.4 Å². The van der Waals surface area contributed by atoms with Crippen LogP contribution in [0.3, 0.4) is 0 Å². The molecule has 3 heterocycles. The third-order valence-corrected chi connectivity index (χ3v) is 6.16. The van der Waals surface area contributed by atoms with Crippen LogP contribution in [0.1, 0.15) is 18.4 Å². The Bertz CT molecular complexity index is 1290. The first kappa shape index (κ1) is 22.1. The van der Waals surface area contributed by atoms with Gasteiger partial charge in [-0.05, 0) is 43.6 Å². The van der Waals surface area contributed by atoms with Crippen molar-refractivity contribution in [3.63, 3.8) is 0 Å². The van der Waals surface area contributed by atoms with Crippen LogP contribution in [-0.2, 0) is 6.54 Å². The maximum atomic E-state index is 15.1. The normalized spacial score (nSPS) is 14.1. The number of rotatable bonds is 8. The number of fused-ring (bicyclic) bond motifs is 1. The van der Waals surface area contributed by atoms with Gasteiger partial charge >= 0.3 is 0 Å². The van der Waals surface area contributed by atoms with Crippen LogP contribution in [0, 0.1) is 5.82 Å². The summed E-state index contributed by atoms with van der Waals surface area (Å²) < 4.78 is 21.9. The van der Waals surface area contributed by atoms with E-state index in [4.69, 9.17) is 10.5 Å². The van der Waals surface area contributed by atoms with Crippen molar-refractivity contribution in [3.05, 3.63) is 59.9 Å². The number of aromatic nitrogens is 4. The molecule has 0 unspecified atom stereocenters.